The van der Waals surface area contributed by atoms with Gasteiger partial charge in [0.25, 0.3) is 5.91 Å². The highest BCUT2D eigenvalue weighted by Crippen LogP contribution is 2.19. The molecule has 0 spiro atoms. The Balaban J connectivity index is 2.35. The quantitative estimate of drug-likeness (QED) is 0.426. The van der Waals surface area contributed by atoms with Gasteiger partial charge in [-0.3, -0.25) is 10.2 Å². The largest absolute Gasteiger partial charge is 0.375 e. The zero-order valence-corrected chi connectivity index (χ0v) is 14.5. The summed E-state index contributed by atoms with van der Waals surface area (Å²) in [7, 11) is 0. The molecule has 2 aromatic carbocycles. The molecule has 0 heterocycles. The van der Waals surface area contributed by atoms with Crippen molar-refractivity contribution in [2.45, 2.75) is 5.92 Å². The minimum Gasteiger partial charge on any atom is -0.375 e. The fourth-order valence-corrected chi connectivity index (χ4v) is 2.30. The van der Waals surface area contributed by atoms with E-state index in [1.807, 2.05) is 6.07 Å². The van der Waals surface area contributed by atoms with Crippen LogP contribution in [-0.2, 0) is 4.79 Å². The number of thiocarbonyl (C=S) groups is 1. The number of nitrogens with two attached hydrogens (primary N) is 1. The fourth-order valence-electron chi connectivity index (χ4n) is 2.06. The number of rotatable bonds is 5. The van der Waals surface area contributed by atoms with Crippen LogP contribution in [0.15, 0.2) is 59.7 Å². The molecule has 2 rings (SSSR count). The molecule has 2 aromatic rings. The summed E-state index contributed by atoms with van der Waals surface area (Å²) in [5.41, 5.74) is 8.77. The smallest absolute Gasteiger partial charge is 0.273 e. The number of halogens is 1. The van der Waals surface area contributed by atoms with E-state index in [1.54, 1.807) is 48.5 Å². The Morgan fingerprint density at radius 1 is 1.24 bits per heavy atom. The molecule has 6 nitrogen and oxygen atoms in total. The summed E-state index contributed by atoms with van der Waals surface area (Å²) in [6.45, 7) is 0. The number of benzene rings is 2. The van der Waals surface area contributed by atoms with Crippen LogP contribution in [0.3, 0.4) is 0 Å². The maximum Gasteiger partial charge on any atom is 0.273 e. The predicted molar refractivity (Wildman–Crippen MR) is 102 cm³/mol. The molecule has 0 bridgehead atoms. The SMILES string of the molecule is N#CC(/C(=N\NC(N)=S)C(=O)Nc1cccc(Cl)c1)c1ccccc1. The standard InChI is InChI=1S/C17H14ClN5OS/c18-12-7-4-8-13(9-12)21-16(24)15(22-23-17(20)25)14(10-19)11-5-2-1-3-6-11/h1-9,14H,(H,21,24)(H3,20,23,25)/b22-15+. The summed E-state index contributed by atoms with van der Waals surface area (Å²) >= 11 is 10.6. The van der Waals surface area contributed by atoms with Gasteiger partial charge in [0, 0.05) is 10.7 Å². The molecule has 0 saturated heterocycles. The van der Waals surface area contributed by atoms with Gasteiger partial charge in [-0.2, -0.15) is 10.4 Å². The Hall–Kier alpha value is -2.95. The number of anilines is 1. The first-order chi connectivity index (χ1) is 12.0. The van der Waals surface area contributed by atoms with Gasteiger partial charge in [0.1, 0.15) is 11.6 Å². The van der Waals surface area contributed by atoms with Crippen LogP contribution in [-0.4, -0.2) is 16.7 Å². The maximum absolute atomic E-state index is 12.6. The van der Waals surface area contributed by atoms with Crippen LogP contribution >= 0.6 is 23.8 Å². The lowest BCUT2D eigenvalue weighted by Gasteiger charge is -2.13. The number of nitrogens with one attached hydrogen (secondary N) is 2. The molecule has 0 fully saturated rings. The zero-order chi connectivity index (χ0) is 18.2. The Bertz CT molecular complexity index is 848. The van der Waals surface area contributed by atoms with Gasteiger partial charge >= 0.3 is 0 Å². The first-order valence-corrected chi connectivity index (χ1v) is 7.94. The van der Waals surface area contributed by atoms with E-state index in [9.17, 15) is 10.1 Å². The summed E-state index contributed by atoms with van der Waals surface area (Å²) in [6.07, 6.45) is 0. The minimum absolute atomic E-state index is 0.0681. The Labute approximate surface area is 155 Å². The molecule has 8 heteroatoms. The summed E-state index contributed by atoms with van der Waals surface area (Å²) in [5, 5.41) is 16.5. The van der Waals surface area contributed by atoms with Gasteiger partial charge < -0.3 is 11.1 Å². The van der Waals surface area contributed by atoms with Crippen molar-refractivity contribution >= 4 is 46.2 Å². The van der Waals surface area contributed by atoms with E-state index in [4.69, 9.17) is 29.6 Å². The predicted octanol–water partition coefficient (Wildman–Crippen LogP) is 2.78. The molecule has 0 aromatic heterocycles. The van der Waals surface area contributed by atoms with Crippen LogP contribution in [0.4, 0.5) is 5.69 Å². The van der Waals surface area contributed by atoms with E-state index in [0.29, 0.717) is 16.3 Å². The molecule has 0 aliphatic heterocycles. The number of nitriles is 1. The third kappa shape index (κ3) is 5.28. The van der Waals surface area contributed by atoms with E-state index in [0.717, 1.165) is 0 Å². The molecule has 1 unspecified atom stereocenters. The van der Waals surface area contributed by atoms with Crippen molar-refractivity contribution in [1.29, 1.82) is 5.26 Å². The van der Waals surface area contributed by atoms with Gasteiger partial charge in [-0.25, -0.2) is 0 Å². The number of hydrazone groups is 1. The van der Waals surface area contributed by atoms with E-state index in [-0.39, 0.29) is 10.8 Å². The molecule has 126 valence electrons. The Morgan fingerprint density at radius 3 is 2.56 bits per heavy atom. The number of carbonyl (C=O) groups is 1. The minimum atomic E-state index is -0.901. The van der Waals surface area contributed by atoms with Gasteiger partial charge in [0.2, 0.25) is 0 Å². The number of carbonyl (C=O) groups excluding carboxylic acids is 1. The molecule has 0 radical (unpaired) electrons. The number of hydrogen-bond acceptors (Lipinski definition) is 4. The summed E-state index contributed by atoms with van der Waals surface area (Å²) < 4.78 is 0. The van der Waals surface area contributed by atoms with Crippen LogP contribution in [0.2, 0.25) is 5.02 Å². The van der Waals surface area contributed by atoms with Gasteiger partial charge in [-0.15, -0.1) is 0 Å². The lowest BCUT2D eigenvalue weighted by Crippen LogP contribution is -2.33. The van der Waals surface area contributed by atoms with Crippen molar-refractivity contribution in [1.82, 2.24) is 5.43 Å². The van der Waals surface area contributed by atoms with Gasteiger partial charge in [0.15, 0.2) is 5.11 Å². The van der Waals surface area contributed by atoms with Gasteiger partial charge in [-0.05, 0) is 36.0 Å². The van der Waals surface area contributed by atoms with Crippen LogP contribution in [0.5, 0.6) is 0 Å². The summed E-state index contributed by atoms with van der Waals surface area (Å²) in [5.74, 6) is -1.47. The maximum atomic E-state index is 12.6. The second-order valence-electron chi connectivity index (χ2n) is 4.91. The van der Waals surface area contributed by atoms with Gasteiger partial charge in [0.05, 0.1) is 6.07 Å². The van der Waals surface area contributed by atoms with Crippen LogP contribution in [0.25, 0.3) is 0 Å². The highest BCUT2D eigenvalue weighted by Gasteiger charge is 2.25. The Kier molecular flexibility index (Phi) is 6.46. The number of nitrogens with zero attached hydrogens (tertiary/aromatic N) is 2. The topological polar surface area (TPSA) is 103 Å². The van der Waals surface area contributed by atoms with E-state index < -0.39 is 11.8 Å². The number of amides is 1. The normalized spacial score (nSPS) is 11.9. The highest BCUT2D eigenvalue weighted by molar-refractivity contribution is 7.80. The molecule has 1 atom stereocenters. The van der Waals surface area contributed by atoms with Crippen molar-refractivity contribution in [2.75, 3.05) is 5.32 Å². The number of hydrogen-bond donors (Lipinski definition) is 3. The molecule has 25 heavy (non-hydrogen) atoms. The molecule has 0 saturated carbocycles. The molecule has 4 N–H and O–H groups in total. The zero-order valence-electron chi connectivity index (χ0n) is 12.9. The van der Waals surface area contributed by atoms with Gasteiger partial charge in [-0.1, -0.05) is 48.0 Å². The molecular formula is C17H14ClN5OS. The van der Waals surface area contributed by atoms with Crippen molar-refractivity contribution < 1.29 is 4.79 Å². The molecule has 0 aliphatic carbocycles. The Morgan fingerprint density at radius 2 is 1.96 bits per heavy atom. The molecule has 1 amide bonds. The fraction of sp³-hybridized carbons (Fsp3) is 0.0588. The lowest BCUT2D eigenvalue weighted by molar-refractivity contribution is -0.110. The second kappa shape index (κ2) is 8.78. The first kappa shape index (κ1) is 18.4. The molecule has 0 aliphatic rings. The first-order valence-electron chi connectivity index (χ1n) is 7.15. The van der Waals surface area contributed by atoms with Crippen molar-refractivity contribution in [2.24, 2.45) is 10.8 Å². The van der Waals surface area contributed by atoms with Crippen LogP contribution in [0.1, 0.15) is 11.5 Å². The van der Waals surface area contributed by atoms with E-state index >= 15 is 0 Å². The van der Waals surface area contributed by atoms with Crippen molar-refractivity contribution in [3.63, 3.8) is 0 Å². The second-order valence-corrected chi connectivity index (χ2v) is 5.79. The lowest BCUT2D eigenvalue weighted by atomic mass is 9.95. The van der Waals surface area contributed by atoms with Crippen LogP contribution in [0, 0.1) is 11.3 Å². The monoisotopic (exact) mass is 371 g/mol. The van der Waals surface area contributed by atoms with Crippen molar-refractivity contribution in [3.8, 4) is 6.07 Å². The average Bonchev–Trinajstić information content (AvgIpc) is 2.59. The molecular weight excluding hydrogens is 358 g/mol. The van der Waals surface area contributed by atoms with E-state index in [2.05, 4.69) is 21.9 Å². The average molecular weight is 372 g/mol. The summed E-state index contributed by atoms with van der Waals surface area (Å²) in [6, 6.07) is 17.5. The highest BCUT2D eigenvalue weighted by atomic mass is 35.5. The summed E-state index contributed by atoms with van der Waals surface area (Å²) in [4.78, 5) is 12.6. The van der Waals surface area contributed by atoms with Crippen LogP contribution < -0.4 is 16.5 Å². The third-order valence-corrected chi connectivity index (χ3v) is 3.46. The third-order valence-electron chi connectivity index (χ3n) is 3.14. The van der Waals surface area contributed by atoms with Crippen molar-refractivity contribution in [3.05, 3.63) is 65.2 Å². The van der Waals surface area contributed by atoms with E-state index in [1.165, 1.54) is 0 Å².